The van der Waals surface area contributed by atoms with Crippen molar-refractivity contribution >= 4 is 43.9 Å². The van der Waals surface area contributed by atoms with Crippen molar-refractivity contribution in [2.75, 3.05) is 18.1 Å². The van der Waals surface area contributed by atoms with Gasteiger partial charge in [-0.25, -0.2) is 4.98 Å². The molecule has 1 fully saturated rings. The maximum absolute atomic E-state index is 13.1. The maximum atomic E-state index is 13.1. The number of amides is 1. The number of fused-ring (bicyclic) bond motifs is 1. The van der Waals surface area contributed by atoms with Crippen molar-refractivity contribution in [1.29, 1.82) is 0 Å². The van der Waals surface area contributed by atoms with Gasteiger partial charge in [0.15, 0.2) is 5.13 Å². The molecular formula is C18H19N3O3S2. The molecular weight excluding hydrogens is 370 g/mol. The first-order valence-electron chi connectivity index (χ1n) is 8.54. The third-order valence-corrected chi connectivity index (χ3v) is 6.43. The summed E-state index contributed by atoms with van der Waals surface area (Å²) in [6.45, 7) is 3.07. The van der Waals surface area contributed by atoms with Crippen LogP contribution in [0.15, 0.2) is 34.4 Å². The minimum atomic E-state index is -0.136. The maximum Gasteiger partial charge on any atom is 0.307 e. The Balaban J connectivity index is 1.65. The summed E-state index contributed by atoms with van der Waals surface area (Å²) >= 11 is 2.61. The molecule has 2 aromatic heterocycles. The molecule has 0 spiro atoms. The van der Waals surface area contributed by atoms with Gasteiger partial charge in [0.25, 0.3) is 0 Å². The summed E-state index contributed by atoms with van der Waals surface area (Å²) in [6.07, 6.45) is 1.97. The molecule has 1 aliphatic heterocycles. The van der Waals surface area contributed by atoms with Crippen molar-refractivity contribution in [2.45, 2.75) is 32.4 Å². The zero-order valence-electron chi connectivity index (χ0n) is 14.4. The van der Waals surface area contributed by atoms with E-state index in [0.29, 0.717) is 11.7 Å². The molecule has 0 radical (unpaired) electrons. The molecule has 8 heteroatoms. The van der Waals surface area contributed by atoms with Crippen LogP contribution < -0.4 is 9.77 Å². The van der Waals surface area contributed by atoms with Gasteiger partial charge in [-0.1, -0.05) is 34.8 Å². The van der Waals surface area contributed by atoms with Gasteiger partial charge >= 0.3 is 4.87 Å². The smallest absolute Gasteiger partial charge is 0.307 e. The number of carbonyl (C=O) groups is 1. The van der Waals surface area contributed by atoms with Gasteiger partial charge in [0, 0.05) is 17.7 Å². The summed E-state index contributed by atoms with van der Waals surface area (Å²) in [5.41, 5.74) is 1.68. The minimum absolute atomic E-state index is 0.0197. The molecule has 4 rings (SSSR count). The van der Waals surface area contributed by atoms with Crippen LogP contribution in [0.25, 0.3) is 10.2 Å². The number of carbonyl (C=O) groups excluding carboxylic acids is 1. The summed E-state index contributed by atoms with van der Waals surface area (Å²) in [4.78, 5) is 31.3. The summed E-state index contributed by atoms with van der Waals surface area (Å²) in [7, 11) is 0. The lowest BCUT2D eigenvalue weighted by Crippen LogP contribution is -2.40. The quantitative estimate of drug-likeness (QED) is 0.673. The van der Waals surface area contributed by atoms with Gasteiger partial charge in [-0.15, -0.1) is 0 Å². The van der Waals surface area contributed by atoms with Crippen LogP contribution in [0.3, 0.4) is 0 Å². The number of thiazole rings is 2. The van der Waals surface area contributed by atoms with Gasteiger partial charge in [0.2, 0.25) is 5.91 Å². The summed E-state index contributed by atoms with van der Waals surface area (Å²) in [6, 6.07) is 7.84. The van der Waals surface area contributed by atoms with Crippen molar-refractivity contribution in [3.8, 4) is 0 Å². The third kappa shape index (κ3) is 3.44. The predicted molar refractivity (Wildman–Crippen MR) is 104 cm³/mol. The first-order valence-corrected chi connectivity index (χ1v) is 10.2. The second kappa shape index (κ2) is 7.30. The molecule has 3 heterocycles. The summed E-state index contributed by atoms with van der Waals surface area (Å²) < 4.78 is 8.28. The number of aryl methyl sites for hydroxylation is 1. The van der Waals surface area contributed by atoms with Crippen molar-refractivity contribution in [1.82, 2.24) is 9.55 Å². The average molecular weight is 390 g/mol. The van der Waals surface area contributed by atoms with Crippen LogP contribution in [0.5, 0.6) is 0 Å². The van der Waals surface area contributed by atoms with E-state index in [1.807, 2.05) is 31.2 Å². The minimum Gasteiger partial charge on any atom is -0.376 e. The fraction of sp³-hybridized carbons (Fsp3) is 0.389. The van der Waals surface area contributed by atoms with Crippen LogP contribution in [0.4, 0.5) is 5.13 Å². The number of hydrogen-bond donors (Lipinski definition) is 0. The van der Waals surface area contributed by atoms with E-state index in [0.717, 1.165) is 46.7 Å². The summed E-state index contributed by atoms with van der Waals surface area (Å²) in [5, 5.41) is 2.44. The van der Waals surface area contributed by atoms with Crippen molar-refractivity contribution in [2.24, 2.45) is 0 Å². The molecule has 26 heavy (non-hydrogen) atoms. The first kappa shape index (κ1) is 17.4. The lowest BCUT2D eigenvalue weighted by Gasteiger charge is -2.23. The predicted octanol–water partition coefficient (Wildman–Crippen LogP) is 3.04. The third-order valence-electron chi connectivity index (χ3n) is 4.49. The van der Waals surface area contributed by atoms with E-state index in [1.54, 1.807) is 10.3 Å². The lowest BCUT2D eigenvalue weighted by atomic mass is 10.2. The molecule has 0 bridgehead atoms. The molecule has 1 atom stereocenters. The SMILES string of the molecule is Cc1csc(=O)n1CC(=O)N(C[C@H]1CCCO1)c1nc2ccccc2s1. The Morgan fingerprint density at radius 3 is 2.96 bits per heavy atom. The first-order chi connectivity index (χ1) is 12.6. The lowest BCUT2D eigenvalue weighted by molar-refractivity contribution is -0.119. The van der Waals surface area contributed by atoms with E-state index in [2.05, 4.69) is 4.98 Å². The Labute approximate surface area is 158 Å². The fourth-order valence-corrected chi connectivity index (χ4v) is 4.80. The molecule has 3 aromatic rings. The number of aromatic nitrogens is 2. The highest BCUT2D eigenvalue weighted by atomic mass is 32.1. The van der Waals surface area contributed by atoms with Crippen LogP contribution in [0.2, 0.25) is 0 Å². The standard InChI is InChI=1S/C18H19N3O3S2/c1-12-11-25-18(23)20(12)10-16(22)21(9-13-5-4-8-24-13)17-19-14-6-2-3-7-15(14)26-17/h2-3,6-7,11,13H,4-5,8-10H2,1H3/t13-/m1/s1. The molecule has 1 amide bonds. The Bertz CT molecular complexity index is 952. The summed E-state index contributed by atoms with van der Waals surface area (Å²) in [5.74, 6) is -0.136. The Morgan fingerprint density at radius 2 is 2.27 bits per heavy atom. The van der Waals surface area contributed by atoms with E-state index in [1.165, 1.54) is 15.9 Å². The molecule has 6 nitrogen and oxygen atoms in total. The molecule has 136 valence electrons. The Kier molecular flexibility index (Phi) is 4.88. The number of ether oxygens (including phenoxy) is 1. The number of anilines is 1. The highest BCUT2D eigenvalue weighted by Gasteiger charge is 2.26. The molecule has 0 aliphatic carbocycles. The Hall–Kier alpha value is -2.03. The zero-order valence-corrected chi connectivity index (χ0v) is 16.0. The topological polar surface area (TPSA) is 64.4 Å². The van der Waals surface area contributed by atoms with Crippen molar-refractivity contribution < 1.29 is 9.53 Å². The van der Waals surface area contributed by atoms with Crippen LogP contribution in [0, 0.1) is 6.92 Å². The van der Waals surface area contributed by atoms with Crippen LogP contribution in [-0.4, -0.2) is 34.7 Å². The number of nitrogens with zero attached hydrogens (tertiary/aromatic N) is 3. The normalized spacial score (nSPS) is 17.0. The highest BCUT2D eigenvalue weighted by molar-refractivity contribution is 7.22. The number of rotatable bonds is 5. The van der Waals surface area contributed by atoms with Crippen molar-refractivity contribution in [3.63, 3.8) is 0 Å². The molecule has 0 unspecified atom stereocenters. The van der Waals surface area contributed by atoms with Gasteiger partial charge in [-0.05, 0) is 31.9 Å². The van der Waals surface area contributed by atoms with Gasteiger partial charge in [-0.3, -0.25) is 19.1 Å². The van der Waals surface area contributed by atoms with E-state index in [-0.39, 0.29) is 23.4 Å². The molecule has 1 saturated heterocycles. The molecule has 0 N–H and O–H groups in total. The average Bonchev–Trinajstić information content (AvgIpc) is 3.35. The fourth-order valence-electron chi connectivity index (χ4n) is 3.07. The second-order valence-electron chi connectivity index (χ2n) is 6.33. The largest absolute Gasteiger partial charge is 0.376 e. The molecule has 1 aliphatic rings. The monoisotopic (exact) mass is 389 g/mol. The van der Waals surface area contributed by atoms with Gasteiger partial charge in [0.05, 0.1) is 22.9 Å². The number of benzene rings is 1. The van der Waals surface area contributed by atoms with Gasteiger partial charge < -0.3 is 4.74 Å². The van der Waals surface area contributed by atoms with E-state index < -0.39 is 0 Å². The number of hydrogen-bond acceptors (Lipinski definition) is 6. The second-order valence-corrected chi connectivity index (χ2v) is 8.16. The van der Waals surface area contributed by atoms with E-state index >= 15 is 0 Å². The van der Waals surface area contributed by atoms with Crippen LogP contribution in [0.1, 0.15) is 18.5 Å². The molecule has 1 aromatic carbocycles. The zero-order chi connectivity index (χ0) is 18.1. The Morgan fingerprint density at radius 1 is 1.42 bits per heavy atom. The van der Waals surface area contributed by atoms with E-state index in [4.69, 9.17) is 4.74 Å². The van der Waals surface area contributed by atoms with Crippen LogP contribution in [-0.2, 0) is 16.1 Å². The molecule has 0 saturated carbocycles. The van der Waals surface area contributed by atoms with Crippen LogP contribution >= 0.6 is 22.7 Å². The van der Waals surface area contributed by atoms with E-state index in [9.17, 15) is 9.59 Å². The van der Waals surface area contributed by atoms with Gasteiger partial charge in [0.1, 0.15) is 6.54 Å². The van der Waals surface area contributed by atoms with Gasteiger partial charge in [-0.2, -0.15) is 0 Å². The number of para-hydroxylation sites is 1. The highest BCUT2D eigenvalue weighted by Crippen LogP contribution is 2.30. The van der Waals surface area contributed by atoms with Crippen molar-refractivity contribution in [3.05, 3.63) is 45.0 Å².